The Morgan fingerprint density at radius 2 is 1.61 bits per heavy atom. The van der Waals surface area contributed by atoms with Gasteiger partial charge in [0.15, 0.2) is 0 Å². The van der Waals surface area contributed by atoms with Gasteiger partial charge >= 0.3 is 6.03 Å². The molecule has 1 aromatic heterocycles. The first-order valence-corrected chi connectivity index (χ1v) is 13.8. The van der Waals surface area contributed by atoms with Crippen molar-refractivity contribution in [3.05, 3.63) is 115 Å². The van der Waals surface area contributed by atoms with Crippen LogP contribution >= 0.6 is 46.4 Å². The van der Waals surface area contributed by atoms with Crippen LogP contribution in [0.1, 0.15) is 22.5 Å². The first-order valence-electron chi connectivity index (χ1n) is 12.3. The fourth-order valence-corrected chi connectivity index (χ4v) is 5.36. The molecule has 5 rings (SSSR count). The van der Waals surface area contributed by atoms with E-state index in [4.69, 9.17) is 51.1 Å². The Kier molecular flexibility index (Phi) is 8.16. The van der Waals surface area contributed by atoms with Gasteiger partial charge < -0.3 is 9.30 Å². The lowest BCUT2D eigenvalue weighted by molar-refractivity contribution is -0.122. The van der Waals surface area contributed by atoms with Crippen LogP contribution in [-0.2, 0) is 16.2 Å². The van der Waals surface area contributed by atoms with Crippen LogP contribution in [0.25, 0.3) is 11.8 Å². The molecule has 1 N–H and O–H groups in total. The number of halogens is 4. The molecule has 0 atom stereocenters. The summed E-state index contributed by atoms with van der Waals surface area (Å²) in [6.45, 7) is 4.06. The fraction of sp³-hybridized carbons (Fsp3) is 0.100. The van der Waals surface area contributed by atoms with Gasteiger partial charge in [0.25, 0.3) is 11.8 Å². The molecule has 208 valence electrons. The summed E-state index contributed by atoms with van der Waals surface area (Å²) in [5, 5.41) is 3.48. The lowest BCUT2D eigenvalue weighted by atomic mass is 10.1. The largest absolute Gasteiger partial charge is 0.489 e. The number of aromatic nitrogens is 1. The van der Waals surface area contributed by atoms with Crippen LogP contribution < -0.4 is 15.0 Å². The van der Waals surface area contributed by atoms with E-state index >= 15 is 0 Å². The number of carbonyl (C=O) groups excluding carboxylic acids is 3. The van der Waals surface area contributed by atoms with Crippen molar-refractivity contribution < 1.29 is 19.1 Å². The van der Waals surface area contributed by atoms with Crippen LogP contribution in [0.3, 0.4) is 0 Å². The topological polar surface area (TPSA) is 80.6 Å². The quantitative estimate of drug-likeness (QED) is 0.174. The van der Waals surface area contributed by atoms with Crippen molar-refractivity contribution in [2.24, 2.45) is 0 Å². The summed E-state index contributed by atoms with van der Waals surface area (Å²) in [5.41, 5.74) is 3.80. The number of amides is 4. The Balaban J connectivity index is 1.40. The van der Waals surface area contributed by atoms with Crippen molar-refractivity contribution in [3.63, 3.8) is 0 Å². The second-order valence-corrected chi connectivity index (χ2v) is 10.8. The van der Waals surface area contributed by atoms with Crippen LogP contribution in [0, 0.1) is 13.8 Å². The molecule has 1 aliphatic rings. The van der Waals surface area contributed by atoms with Crippen LogP contribution in [-0.4, -0.2) is 22.4 Å². The second kappa shape index (κ2) is 11.6. The summed E-state index contributed by atoms with van der Waals surface area (Å²) in [4.78, 5) is 39.5. The average Bonchev–Trinajstić information content (AvgIpc) is 3.21. The summed E-state index contributed by atoms with van der Waals surface area (Å²) >= 11 is 24.5. The summed E-state index contributed by atoms with van der Waals surface area (Å²) in [6.07, 6.45) is 1.46. The van der Waals surface area contributed by atoms with E-state index in [1.807, 2.05) is 54.8 Å². The first kappa shape index (κ1) is 28.8. The molecule has 1 fully saturated rings. The van der Waals surface area contributed by atoms with E-state index in [1.165, 1.54) is 18.2 Å². The molecule has 11 heteroatoms. The number of hydrogen-bond donors (Lipinski definition) is 1. The molecule has 4 amide bonds. The number of ether oxygens (including phenoxy) is 1. The van der Waals surface area contributed by atoms with Gasteiger partial charge in [-0.05, 0) is 80.1 Å². The number of rotatable bonds is 6. The monoisotopic (exact) mass is 627 g/mol. The third-order valence-electron chi connectivity index (χ3n) is 6.55. The van der Waals surface area contributed by atoms with Crippen molar-refractivity contribution in [1.82, 2.24) is 9.88 Å². The SMILES string of the molecule is Cc1cc(/C=C2\C(=O)NC(=O)N(c3cccc(Cl)c3Cl)C2=O)c(C)n1-c1ccc(OCc2ccc(Cl)cc2Cl)cc1. The number of anilines is 1. The van der Waals surface area contributed by atoms with Gasteiger partial charge in [-0.1, -0.05) is 58.5 Å². The second-order valence-electron chi connectivity index (χ2n) is 9.21. The Labute approximate surface area is 255 Å². The normalized spacial score (nSPS) is 14.5. The van der Waals surface area contributed by atoms with Gasteiger partial charge in [0.1, 0.15) is 17.9 Å². The van der Waals surface area contributed by atoms with E-state index in [0.717, 1.165) is 27.5 Å². The van der Waals surface area contributed by atoms with E-state index in [2.05, 4.69) is 5.32 Å². The van der Waals surface area contributed by atoms with Crippen LogP contribution in [0.2, 0.25) is 20.1 Å². The Morgan fingerprint density at radius 3 is 2.32 bits per heavy atom. The highest BCUT2D eigenvalue weighted by atomic mass is 35.5. The van der Waals surface area contributed by atoms with Crippen LogP contribution in [0.4, 0.5) is 10.5 Å². The van der Waals surface area contributed by atoms with Gasteiger partial charge in [-0.3, -0.25) is 14.9 Å². The van der Waals surface area contributed by atoms with Gasteiger partial charge in [0.2, 0.25) is 0 Å². The van der Waals surface area contributed by atoms with Gasteiger partial charge in [-0.25, -0.2) is 9.69 Å². The minimum Gasteiger partial charge on any atom is -0.489 e. The molecule has 0 radical (unpaired) electrons. The van der Waals surface area contributed by atoms with Crippen molar-refractivity contribution in [3.8, 4) is 11.4 Å². The third kappa shape index (κ3) is 5.72. The molecule has 1 aliphatic heterocycles. The number of aryl methyl sites for hydroxylation is 1. The number of hydrogen-bond acceptors (Lipinski definition) is 4. The number of nitrogens with zero attached hydrogens (tertiary/aromatic N) is 2. The maximum Gasteiger partial charge on any atom is 0.336 e. The summed E-state index contributed by atoms with van der Waals surface area (Å²) < 4.78 is 7.87. The molecule has 0 bridgehead atoms. The standard InChI is InChI=1S/C30H21Cl4N3O4/c1-16-12-19(13-23-28(38)35-30(40)37(29(23)39)26-5-3-4-24(32)27(26)34)17(2)36(16)21-8-10-22(11-9-21)41-15-18-6-7-20(31)14-25(18)33/h3-14H,15H2,1-2H3,(H,35,38,40)/b23-13+. The minimum atomic E-state index is -0.910. The maximum atomic E-state index is 13.4. The molecule has 41 heavy (non-hydrogen) atoms. The van der Waals surface area contributed by atoms with Crippen molar-refractivity contribution in [2.45, 2.75) is 20.5 Å². The molecule has 7 nitrogen and oxygen atoms in total. The van der Waals surface area contributed by atoms with Gasteiger partial charge in [0, 0.05) is 32.7 Å². The molecule has 1 saturated heterocycles. The lowest BCUT2D eigenvalue weighted by Crippen LogP contribution is -2.54. The molecular weight excluding hydrogens is 608 g/mol. The Morgan fingerprint density at radius 1 is 0.878 bits per heavy atom. The number of carbonyl (C=O) groups is 3. The minimum absolute atomic E-state index is 0.0215. The predicted molar refractivity (Wildman–Crippen MR) is 162 cm³/mol. The smallest absolute Gasteiger partial charge is 0.336 e. The molecular formula is C30H21Cl4N3O4. The highest BCUT2D eigenvalue weighted by Gasteiger charge is 2.38. The number of urea groups is 1. The maximum absolute atomic E-state index is 13.4. The van der Waals surface area contributed by atoms with Crippen molar-refractivity contribution in [1.29, 1.82) is 0 Å². The third-order valence-corrected chi connectivity index (χ3v) is 7.94. The van der Waals surface area contributed by atoms with Gasteiger partial charge in [-0.2, -0.15) is 0 Å². The fourth-order valence-electron chi connectivity index (χ4n) is 4.52. The summed E-state index contributed by atoms with van der Waals surface area (Å²) in [6, 6.07) is 18.2. The number of nitrogens with one attached hydrogen (secondary N) is 1. The molecule has 0 unspecified atom stereocenters. The number of barbiturate groups is 1. The zero-order valence-electron chi connectivity index (χ0n) is 21.7. The van der Waals surface area contributed by atoms with Crippen LogP contribution in [0.15, 0.2) is 72.3 Å². The number of imide groups is 2. The zero-order chi connectivity index (χ0) is 29.4. The highest BCUT2D eigenvalue weighted by Crippen LogP contribution is 2.35. The molecule has 0 spiro atoms. The van der Waals surface area contributed by atoms with Gasteiger partial charge in [0.05, 0.1) is 15.7 Å². The lowest BCUT2D eigenvalue weighted by Gasteiger charge is -2.27. The molecule has 0 saturated carbocycles. The predicted octanol–water partition coefficient (Wildman–Crippen LogP) is 7.95. The Bertz CT molecular complexity index is 1750. The first-order chi connectivity index (χ1) is 19.5. The zero-order valence-corrected chi connectivity index (χ0v) is 24.7. The average molecular weight is 629 g/mol. The number of benzene rings is 3. The molecule has 3 aromatic carbocycles. The summed E-state index contributed by atoms with van der Waals surface area (Å²) in [5.74, 6) is -0.963. The van der Waals surface area contributed by atoms with Crippen molar-refractivity contribution >= 4 is 76.0 Å². The van der Waals surface area contributed by atoms with E-state index in [0.29, 0.717) is 21.4 Å². The van der Waals surface area contributed by atoms with Crippen LogP contribution in [0.5, 0.6) is 5.75 Å². The highest BCUT2D eigenvalue weighted by molar-refractivity contribution is 6.46. The van der Waals surface area contributed by atoms with E-state index in [-0.39, 0.29) is 27.9 Å². The van der Waals surface area contributed by atoms with E-state index < -0.39 is 17.8 Å². The molecule has 2 heterocycles. The molecule has 0 aliphatic carbocycles. The van der Waals surface area contributed by atoms with Gasteiger partial charge in [-0.15, -0.1) is 0 Å². The van der Waals surface area contributed by atoms with Crippen molar-refractivity contribution in [2.75, 3.05) is 4.90 Å². The summed E-state index contributed by atoms with van der Waals surface area (Å²) in [7, 11) is 0. The molecule has 4 aromatic rings. The van der Waals surface area contributed by atoms with E-state index in [1.54, 1.807) is 18.2 Å². The Hall–Kier alpha value is -3.75. The van der Waals surface area contributed by atoms with E-state index in [9.17, 15) is 14.4 Å².